The number of amides is 2. The maximum Gasteiger partial charge on any atom is 0.416 e. The molecule has 34 heavy (non-hydrogen) atoms. The minimum absolute atomic E-state index is 0.0475. The fraction of sp³-hybridized carbons (Fsp3) is 0.250. The molecule has 0 fully saturated rings. The molecule has 1 aliphatic rings. The van der Waals surface area contributed by atoms with Crippen LogP contribution in [-0.4, -0.2) is 38.9 Å². The maximum absolute atomic E-state index is 13.1. The second kappa shape index (κ2) is 9.50. The topological polar surface area (TPSA) is 79.6 Å². The molecular formula is C24H22F3N5O2. The summed E-state index contributed by atoms with van der Waals surface area (Å²) in [4.78, 5) is 25.0. The Kier molecular flexibility index (Phi) is 6.49. The Bertz CT molecular complexity index is 1230. The van der Waals surface area contributed by atoms with Gasteiger partial charge in [0.1, 0.15) is 5.82 Å². The van der Waals surface area contributed by atoms with Gasteiger partial charge in [-0.2, -0.15) is 23.4 Å². The van der Waals surface area contributed by atoms with Gasteiger partial charge in [0.05, 0.1) is 29.2 Å². The van der Waals surface area contributed by atoms with E-state index in [1.54, 1.807) is 13.0 Å². The van der Waals surface area contributed by atoms with E-state index in [9.17, 15) is 22.8 Å². The zero-order valence-corrected chi connectivity index (χ0v) is 18.3. The molecule has 0 radical (unpaired) electrons. The molecule has 1 aliphatic heterocycles. The van der Waals surface area contributed by atoms with E-state index < -0.39 is 17.6 Å². The Hall–Kier alpha value is -3.95. The van der Waals surface area contributed by atoms with Gasteiger partial charge in [-0.05, 0) is 30.7 Å². The van der Waals surface area contributed by atoms with E-state index in [0.717, 1.165) is 23.4 Å². The average Bonchev–Trinajstić information content (AvgIpc) is 3.45. The normalized spacial score (nSPS) is 13.6. The molecule has 1 N–H and O–H groups in total. The van der Waals surface area contributed by atoms with Crippen molar-refractivity contribution in [2.24, 2.45) is 5.10 Å². The van der Waals surface area contributed by atoms with Gasteiger partial charge in [-0.15, -0.1) is 0 Å². The highest BCUT2D eigenvalue weighted by atomic mass is 19.4. The number of nitrogens with one attached hydrogen (secondary N) is 1. The van der Waals surface area contributed by atoms with E-state index in [2.05, 4.69) is 15.5 Å². The predicted octanol–water partition coefficient (Wildman–Crippen LogP) is 4.55. The number of hydrogen-bond acceptors (Lipinski definition) is 4. The SMILES string of the molecule is Cc1cc(NC(=O)CCC(=O)N2CCC(c3ccccc3)=N2)n(-c2cccc(C(F)(F)F)c2)n1. The van der Waals surface area contributed by atoms with Gasteiger partial charge < -0.3 is 5.32 Å². The largest absolute Gasteiger partial charge is 0.416 e. The van der Waals surface area contributed by atoms with Crippen LogP contribution in [-0.2, 0) is 15.8 Å². The van der Waals surface area contributed by atoms with Gasteiger partial charge in [0.15, 0.2) is 0 Å². The molecule has 7 nitrogen and oxygen atoms in total. The number of nitrogens with zero attached hydrogens (tertiary/aromatic N) is 4. The summed E-state index contributed by atoms with van der Waals surface area (Å²) in [7, 11) is 0. The number of hydrazone groups is 1. The smallest absolute Gasteiger partial charge is 0.311 e. The average molecular weight is 469 g/mol. The summed E-state index contributed by atoms with van der Waals surface area (Å²) in [6, 6.07) is 15.8. The number of anilines is 1. The third kappa shape index (κ3) is 5.33. The van der Waals surface area contributed by atoms with Gasteiger partial charge in [0, 0.05) is 25.3 Å². The molecular weight excluding hydrogens is 447 g/mol. The summed E-state index contributed by atoms with van der Waals surface area (Å²) in [6.45, 7) is 2.12. The molecule has 0 unspecified atom stereocenters. The summed E-state index contributed by atoms with van der Waals surface area (Å²) in [6.07, 6.45) is -4.01. The van der Waals surface area contributed by atoms with Crippen molar-refractivity contribution >= 4 is 23.3 Å². The van der Waals surface area contributed by atoms with Crippen LogP contribution < -0.4 is 5.32 Å². The summed E-state index contributed by atoms with van der Waals surface area (Å²) < 4.78 is 40.5. The van der Waals surface area contributed by atoms with Crippen LogP contribution in [0.3, 0.4) is 0 Å². The standard InChI is InChI=1S/C24H22F3N5O2/c1-16-14-21(32(29-16)19-9-5-8-18(15-19)24(25,26)27)28-22(33)10-11-23(34)31-13-12-20(30-31)17-6-3-2-4-7-17/h2-9,14-15H,10-13H2,1H3,(H,28,33). The minimum atomic E-state index is -4.50. The molecule has 0 bridgehead atoms. The van der Waals surface area contributed by atoms with Crippen molar-refractivity contribution in [3.05, 3.63) is 77.5 Å². The number of carbonyl (C=O) groups excluding carboxylic acids is 2. The highest BCUT2D eigenvalue weighted by Crippen LogP contribution is 2.31. The first-order chi connectivity index (χ1) is 16.2. The zero-order chi connectivity index (χ0) is 24.3. The quantitative estimate of drug-likeness (QED) is 0.575. The first-order valence-corrected chi connectivity index (χ1v) is 10.7. The van der Waals surface area contributed by atoms with Crippen molar-refractivity contribution in [1.29, 1.82) is 0 Å². The van der Waals surface area contributed by atoms with Crippen LogP contribution in [0.25, 0.3) is 5.69 Å². The zero-order valence-electron chi connectivity index (χ0n) is 18.3. The van der Waals surface area contributed by atoms with Gasteiger partial charge in [-0.1, -0.05) is 36.4 Å². The molecule has 2 heterocycles. The van der Waals surface area contributed by atoms with Gasteiger partial charge in [-0.25, -0.2) is 9.69 Å². The van der Waals surface area contributed by atoms with Crippen LogP contribution in [0.15, 0.2) is 65.8 Å². The number of aromatic nitrogens is 2. The number of aryl methyl sites for hydroxylation is 1. The number of halogens is 3. The van der Waals surface area contributed by atoms with Gasteiger partial charge in [0.2, 0.25) is 11.8 Å². The van der Waals surface area contributed by atoms with Crippen molar-refractivity contribution in [1.82, 2.24) is 14.8 Å². The Labute approximate surface area is 193 Å². The first-order valence-electron chi connectivity index (χ1n) is 10.7. The van der Waals surface area contributed by atoms with E-state index >= 15 is 0 Å². The van der Waals surface area contributed by atoms with Gasteiger partial charge >= 0.3 is 6.18 Å². The fourth-order valence-corrected chi connectivity index (χ4v) is 3.62. The van der Waals surface area contributed by atoms with E-state index in [-0.39, 0.29) is 30.3 Å². The summed E-state index contributed by atoms with van der Waals surface area (Å²) >= 11 is 0. The molecule has 3 aromatic rings. The highest BCUT2D eigenvalue weighted by molar-refractivity contribution is 6.02. The third-order valence-electron chi connectivity index (χ3n) is 5.28. The number of hydrogen-bond donors (Lipinski definition) is 1. The molecule has 176 valence electrons. The lowest BCUT2D eigenvalue weighted by atomic mass is 10.1. The molecule has 0 saturated carbocycles. The Balaban J connectivity index is 1.39. The van der Waals surface area contributed by atoms with Crippen LogP contribution in [0.5, 0.6) is 0 Å². The number of rotatable bonds is 6. The van der Waals surface area contributed by atoms with E-state index in [0.29, 0.717) is 18.7 Å². The predicted molar refractivity (Wildman–Crippen MR) is 120 cm³/mol. The van der Waals surface area contributed by atoms with Crippen molar-refractivity contribution < 1.29 is 22.8 Å². The van der Waals surface area contributed by atoms with Crippen molar-refractivity contribution in [3.8, 4) is 5.69 Å². The molecule has 0 saturated heterocycles. The van der Waals surface area contributed by atoms with E-state index in [1.807, 2.05) is 30.3 Å². The molecule has 2 aromatic carbocycles. The number of alkyl halides is 3. The Morgan fingerprint density at radius 1 is 1.03 bits per heavy atom. The summed E-state index contributed by atoms with van der Waals surface area (Å²) in [5.41, 5.74) is 1.63. The second-order valence-corrected chi connectivity index (χ2v) is 7.86. The number of benzene rings is 2. The van der Waals surface area contributed by atoms with Crippen LogP contribution in [0.1, 0.15) is 36.1 Å². The third-order valence-corrected chi connectivity index (χ3v) is 5.28. The van der Waals surface area contributed by atoms with E-state index in [1.165, 1.54) is 21.8 Å². The first kappa shape index (κ1) is 23.2. The van der Waals surface area contributed by atoms with Crippen molar-refractivity contribution in [2.75, 3.05) is 11.9 Å². The molecule has 0 spiro atoms. The van der Waals surface area contributed by atoms with E-state index in [4.69, 9.17) is 0 Å². The van der Waals surface area contributed by atoms with Crippen molar-refractivity contribution in [2.45, 2.75) is 32.4 Å². The molecule has 0 atom stereocenters. The Morgan fingerprint density at radius 3 is 2.53 bits per heavy atom. The summed E-state index contributed by atoms with van der Waals surface area (Å²) in [5.74, 6) is -0.503. The molecule has 2 amide bonds. The monoisotopic (exact) mass is 469 g/mol. The second-order valence-electron chi connectivity index (χ2n) is 7.86. The fourth-order valence-electron chi connectivity index (χ4n) is 3.62. The van der Waals surface area contributed by atoms with Crippen LogP contribution in [0.2, 0.25) is 0 Å². The molecule has 0 aliphatic carbocycles. The van der Waals surface area contributed by atoms with Gasteiger partial charge in [0.25, 0.3) is 0 Å². The Morgan fingerprint density at radius 2 is 1.79 bits per heavy atom. The maximum atomic E-state index is 13.1. The molecule has 10 heteroatoms. The number of carbonyl (C=O) groups is 2. The van der Waals surface area contributed by atoms with Crippen LogP contribution in [0.4, 0.5) is 19.0 Å². The highest BCUT2D eigenvalue weighted by Gasteiger charge is 2.31. The molecule has 4 rings (SSSR count). The lowest BCUT2D eigenvalue weighted by Gasteiger charge is -2.13. The minimum Gasteiger partial charge on any atom is -0.311 e. The lowest BCUT2D eigenvalue weighted by molar-refractivity contribution is -0.137. The lowest BCUT2D eigenvalue weighted by Crippen LogP contribution is -2.25. The van der Waals surface area contributed by atoms with Crippen molar-refractivity contribution in [3.63, 3.8) is 0 Å². The van der Waals surface area contributed by atoms with Gasteiger partial charge in [-0.3, -0.25) is 9.59 Å². The molecule has 1 aromatic heterocycles. The van der Waals surface area contributed by atoms with Crippen LogP contribution in [0, 0.1) is 6.92 Å². The summed E-state index contributed by atoms with van der Waals surface area (Å²) in [5, 5.41) is 12.6. The van der Waals surface area contributed by atoms with Crippen LogP contribution >= 0.6 is 0 Å².